The highest BCUT2D eigenvalue weighted by Crippen LogP contribution is 2.43. The van der Waals surface area contributed by atoms with E-state index in [1.807, 2.05) is 0 Å². The van der Waals surface area contributed by atoms with E-state index in [-0.39, 0.29) is 24.6 Å². The van der Waals surface area contributed by atoms with Crippen LogP contribution in [0.25, 0.3) is 0 Å². The molecule has 10 nitrogen and oxygen atoms in total. The maximum absolute atomic E-state index is 15.4. The quantitative estimate of drug-likeness (QED) is 0.450. The molecule has 1 N–H and O–H groups in total. The lowest BCUT2D eigenvalue weighted by Gasteiger charge is -2.26. The van der Waals surface area contributed by atoms with Crippen molar-refractivity contribution < 1.29 is 32.8 Å². The zero-order chi connectivity index (χ0) is 23.5. The average molecular weight is 462 g/mol. The summed E-state index contributed by atoms with van der Waals surface area (Å²) in [5.41, 5.74) is -1.31. The van der Waals surface area contributed by atoms with Crippen LogP contribution in [0.4, 0.5) is 4.39 Å². The Morgan fingerprint density at radius 3 is 2.48 bits per heavy atom. The molecule has 0 amide bonds. The van der Waals surface area contributed by atoms with Gasteiger partial charge >= 0.3 is 17.6 Å². The number of carbonyl (C=O) groups excluding carboxylic acids is 2. The Labute approximate surface area is 178 Å². The first-order valence-corrected chi connectivity index (χ1v) is 12.5. The fourth-order valence-electron chi connectivity index (χ4n) is 3.56. The van der Waals surface area contributed by atoms with Crippen molar-refractivity contribution >= 4 is 19.1 Å². The molecule has 1 aromatic heterocycles. The van der Waals surface area contributed by atoms with Crippen molar-refractivity contribution in [2.24, 2.45) is 5.92 Å². The van der Waals surface area contributed by atoms with Crippen LogP contribution < -0.4 is 11.2 Å². The van der Waals surface area contributed by atoms with Gasteiger partial charge in [0.15, 0.2) is 18.5 Å². The number of alkyl halides is 1. The Hall–Kier alpha value is -2.26. The van der Waals surface area contributed by atoms with Gasteiger partial charge in [0.25, 0.3) is 5.56 Å². The smallest absolute Gasteiger partial charge is 0.330 e. The SMILES string of the molecule is COC(=O)CCC(=O)O[C@H]1[C@@H](F)[C@H](n2cc(C)c(=O)[nH]c2=O)O[C@@H]1[C@H](C)CP(C)(C)=O. The topological polar surface area (TPSA) is 134 Å². The first-order chi connectivity index (χ1) is 14.3. The van der Waals surface area contributed by atoms with Gasteiger partial charge < -0.3 is 18.8 Å². The lowest BCUT2D eigenvalue weighted by molar-refractivity contribution is -0.157. The highest BCUT2D eigenvalue weighted by molar-refractivity contribution is 7.62. The number of hydrogen-bond acceptors (Lipinski definition) is 8. The lowest BCUT2D eigenvalue weighted by atomic mass is 10.0. The zero-order valence-electron chi connectivity index (χ0n) is 18.1. The monoisotopic (exact) mass is 462 g/mol. The first-order valence-electron chi connectivity index (χ1n) is 9.76. The van der Waals surface area contributed by atoms with E-state index in [0.29, 0.717) is 0 Å². The van der Waals surface area contributed by atoms with Gasteiger partial charge in [-0.2, -0.15) is 0 Å². The van der Waals surface area contributed by atoms with Crippen LogP contribution in [0.1, 0.15) is 31.6 Å². The molecule has 0 aliphatic carbocycles. The number of aromatic amines is 1. The predicted octanol–water partition coefficient (Wildman–Crippen LogP) is 1.20. The van der Waals surface area contributed by atoms with Gasteiger partial charge in [0, 0.05) is 17.9 Å². The van der Waals surface area contributed by atoms with Crippen molar-refractivity contribution in [2.45, 2.75) is 51.3 Å². The molecule has 0 saturated carbocycles. The van der Waals surface area contributed by atoms with Crippen molar-refractivity contribution in [3.63, 3.8) is 0 Å². The molecular formula is C19H28FN2O8P. The summed E-state index contributed by atoms with van der Waals surface area (Å²) >= 11 is 0. The standard InChI is InChI=1S/C19H28FN2O8P/c1-10-8-22(19(26)21-17(10)25)18-14(20)16(29-13(24)7-6-12(23)28-3)15(30-18)11(2)9-31(4,5)27/h8,11,14-16,18H,6-7,9H2,1-5H3,(H,21,25,26)/t11-,14-,15-,16+,18-/m1/s1. The third-order valence-electron chi connectivity index (χ3n) is 4.94. The Morgan fingerprint density at radius 2 is 1.90 bits per heavy atom. The highest BCUT2D eigenvalue weighted by Gasteiger charge is 2.51. The molecule has 31 heavy (non-hydrogen) atoms. The summed E-state index contributed by atoms with van der Waals surface area (Å²) in [6.07, 6.45) is -4.96. The number of halogens is 1. The summed E-state index contributed by atoms with van der Waals surface area (Å²) in [5.74, 6) is -1.92. The zero-order valence-corrected chi connectivity index (χ0v) is 19.0. The molecule has 1 saturated heterocycles. The molecule has 0 unspecified atom stereocenters. The van der Waals surface area contributed by atoms with Crippen LogP contribution >= 0.6 is 7.14 Å². The maximum atomic E-state index is 15.4. The van der Waals surface area contributed by atoms with Crippen LogP contribution in [0.15, 0.2) is 15.8 Å². The molecule has 0 bridgehead atoms. The number of aryl methyl sites for hydroxylation is 1. The van der Waals surface area contributed by atoms with Crippen molar-refractivity contribution in [1.29, 1.82) is 0 Å². The second-order valence-electron chi connectivity index (χ2n) is 8.18. The van der Waals surface area contributed by atoms with Crippen molar-refractivity contribution in [3.05, 3.63) is 32.6 Å². The molecule has 174 valence electrons. The van der Waals surface area contributed by atoms with Gasteiger partial charge in [0.2, 0.25) is 0 Å². The number of carbonyl (C=O) groups is 2. The summed E-state index contributed by atoms with van der Waals surface area (Å²) in [6.45, 7) is 6.30. The van der Waals surface area contributed by atoms with Crippen LogP contribution in [0.3, 0.4) is 0 Å². The number of hydrogen-bond donors (Lipinski definition) is 1. The van der Waals surface area contributed by atoms with Crippen LogP contribution in [-0.4, -0.2) is 66.5 Å². The molecule has 2 rings (SSSR count). The van der Waals surface area contributed by atoms with Crippen molar-refractivity contribution in [2.75, 3.05) is 26.6 Å². The Morgan fingerprint density at radius 1 is 1.29 bits per heavy atom. The maximum Gasteiger partial charge on any atom is 0.330 e. The van der Waals surface area contributed by atoms with E-state index in [2.05, 4.69) is 9.72 Å². The number of nitrogens with one attached hydrogen (secondary N) is 1. The number of ether oxygens (including phenoxy) is 3. The van der Waals surface area contributed by atoms with E-state index < -0.39 is 60.9 Å². The molecule has 0 aromatic carbocycles. The molecule has 1 aliphatic rings. The minimum atomic E-state index is -2.52. The van der Waals surface area contributed by atoms with E-state index in [1.54, 1.807) is 20.3 Å². The second-order valence-corrected chi connectivity index (χ2v) is 11.7. The molecule has 1 aromatic rings. The van der Waals surface area contributed by atoms with Crippen LogP contribution in [-0.2, 0) is 28.4 Å². The summed E-state index contributed by atoms with van der Waals surface area (Å²) in [6, 6.07) is 0. The fourth-order valence-corrected chi connectivity index (χ4v) is 5.15. The molecule has 1 fully saturated rings. The van der Waals surface area contributed by atoms with Gasteiger partial charge in [-0.3, -0.25) is 23.9 Å². The van der Waals surface area contributed by atoms with Crippen LogP contribution in [0.2, 0.25) is 0 Å². The van der Waals surface area contributed by atoms with Crippen molar-refractivity contribution in [1.82, 2.24) is 9.55 Å². The predicted molar refractivity (Wildman–Crippen MR) is 109 cm³/mol. The molecule has 2 heterocycles. The normalized spacial score (nSPS) is 24.6. The van der Waals surface area contributed by atoms with E-state index in [0.717, 1.165) is 4.57 Å². The third-order valence-corrected chi connectivity index (χ3v) is 6.40. The Balaban J connectivity index is 2.32. The summed E-state index contributed by atoms with van der Waals surface area (Å²) < 4.78 is 44.1. The summed E-state index contributed by atoms with van der Waals surface area (Å²) in [5, 5.41) is 0. The number of rotatable bonds is 8. The molecule has 0 spiro atoms. The molecule has 0 radical (unpaired) electrons. The minimum Gasteiger partial charge on any atom is -0.469 e. The number of H-pyrrole nitrogens is 1. The Kier molecular flexibility index (Phi) is 7.99. The first kappa shape index (κ1) is 25.0. The number of nitrogens with zero attached hydrogens (tertiary/aromatic N) is 1. The summed E-state index contributed by atoms with van der Waals surface area (Å²) in [7, 11) is -1.34. The van der Waals surface area contributed by atoms with E-state index >= 15 is 4.39 Å². The second kappa shape index (κ2) is 9.91. The minimum absolute atomic E-state index is 0.171. The van der Waals surface area contributed by atoms with E-state index in [9.17, 15) is 23.7 Å². The molecule has 1 aliphatic heterocycles. The number of esters is 2. The molecule has 12 heteroatoms. The van der Waals surface area contributed by atoms with Crippen LogP contribution in [0, 0.1) is 12.8 Å². The summed E-state index contributed by atoms with van der Waals surface area (Å²) in [4.78, 5) is 49.4. The molecular weight excluding hydrogens is 434 g/mol. The van der Waals surface area contributed by atoms with Gasteiger partial charge in [0.05, 0.1) is 27.1 Å². The highest BCUT2D eigenvalue weighted by atomic mass is 31.2. The van der Waals surface area contributed by atoms with Crippen LogP contribution in [0.5, 0.6) is 0 Å². The number of aromatic nitrogens is 2. The fraction of sp³-hybridized carbons (Fsp3) is 0.684. The van der Waals surface area contributed by atoms with Gasteiger partial charge in [-0.05, 0) is 26.2 Å². The van der Waals surface area contributed by atoms with Gasteiger partial charge in [-0.1, -0.05) is 6.92 Å². The van der Waals surface area contributed by atoms with Gasteiger partial charge in [0.1, 0.15) is 6.10 Å². The average Bonchev–Trinajstić information content (AvgIpc) is 2.98. The Bertz CT molecular complexity index is 984. The van der Waals surface area contributed by atoms with E-state index in [4.69, 9.17) is 9.47 Å². The lowest BCUT2D eigenvalue weighted by Crippen LogP contribution is -2.39. The van der Waals surface area contributed by atoms with Gasteiger partial charge in [-0.15, -0.1) is 0 Å². The third kappa shape index (κ3) is 6.36. The van der Waals surface area contributed by atoms with E-state index in [1.165, 1.54) is 20.2 Å². The largest absolute Gasteiger partial charge is 0.469 e. The number of methoxy groups -OCH3 is 1. The molecule has 5 atom stereocenters. The van der Waals surface area contributed by atoms with Gasteiger partial charge in [-0.25, -0.2) is 9.18 Å². The van der Waals surface area contributed by atoms with Crippen molar-refractivity contribution in [3.8, 4) is 0 Å².